The van der Waals surface area contributed by atoms with E-state index in [0.29, 0.717) is 0 Å². The number of phenols is 1. The normalized spacial score (nSPS) is 11.5. The number of phenolic OH excluding ortho intramolecular Hbond substituents is 1. The van der Waals surface area contributed by atoms with Crippen LogP contribution in [0.2, 0.25) is 0 Å². The number of nitrogens with one attached hydrogen (secondary N) is 1. The third-order valence-electron chi connectivity index (χ3n) is 3.75. The van der Waals surface area contributed by atoms with Crippen molar-refractivity contribution in [3.63, 3.8) is 0 Å². The van der Waals surface area contributed by atoms with Crippen molar-refractivity contribution in [3.05, 3.63) is 35.9 Å². The standard InChI is InChI=1S/C19H29NO2/c1-3-4-5-6-7-8-9-14-20-19(22)15-16(2)17-10-12-18(21)13-11-17/h10-13,15,21H,3-9,14H2,1-2H3,(H,20,22)/b16-15+. The van der Waals surface area contributed by atoms with Crippen molar-refractivity contribution in [1.29, 1.82) is 0 Å². The molecule has 0 atom stereocenters. The molecule has 1 aromatic carbocycles. The number of carbonyl (C=O) groups excluding carboxylic acids is 1. The number of amides is 1. The summed E-state index contributed by atoms with van der Waals surface area (Å²) < 4.78 is 0. The van der Waals surface area contributed by atoms with Crippen molar-refractivity contribution in [2.75, 3.05) is 6.54 Å². The molecule has 1 amide bonds. The summed E-state index contributed by atoms with van der Waals surface area (Å²) >= 11 is 0. The Hall–Kier alpha value is -1.77. The highest BCUT2D eigenvalue weighted by atomic mass is 16.3. The smallest absolute Gasteiger partial charge is 0.244 e. The van der Waals surface area contributed by atoms with Crippen LogP contribution in [0.25, 0.3) is 5.57 Å². The molecule has 3 nitrogen and oxygen atoms in total. The Morgan fingerprint density at radius 2 is 1.64 bits per heavy atom. The summed E-state index contributed by atoms with van der Waals surface area (Å²) in [7, 11) is 0. The molecule has 0 radical (unpaired) electrons. The summed E-state index contributed by atoms with van der Waals surface area (Å²) in [5, 5.41) is 12.2. The van der Waals surface area contributed by atoms with Crippen LogP contribution in [0.1, 0.15) is 64.4 Å². The summed E-state index contributed by atoms with van der Waals surface area (Å²) in [4.78, 5) is 11.8. The van der Waals surface area contributed by atoms with Gasteiger partial charge in [-0.3, -0.25) is 4.79 Å². The summed E-state index contributed by atoms with van der Waals surface area (Å²) in [6, 6.07) is 6.88. The van der Waals surface area contributed by atoms with Gasteiger partial charge in [0.05, 0.1) is 0 Å². The monoisotopic (exact) mass is 303 g/mol. The fourth-order valence-electron chi connectivity index (χ4n) is 2.35. The van der Waals surface area contributed by atoms with E-state index in [1.165, 1.54) is 38.5 Å². The van der Waals surface area contributed by atoms with Gasteiger partial charge in [-0.1, -0.05) is 57.6 Å². The van der Waals surface area contributed by atoms with Crippen LogP contribution in [-0.2, 0) is 4.79 Å². The number of carbonyl (C=O) groups is 1. The maximum absolute atomic E-state index is 11.8. The lowest BCUT2D eigenvalue weighted by Crippen LogP contribution is -2.22. The number of hydrogen-bond donors (Lipinski definition) is 2. The molecule has 3 heteroatoms. The largest absolute Gasteiger partial charge is 0.508 e. The molecule has 0 spiro atoms. The number of unbranched alkanes of at least 4 members (excludes halogenated alkanes) is 6. The molecule has 0 aliphatic heterocycles. The molecule has 122 valence electrons. The molecule has 0 saturated carbocycles. The van der Waals surface area contributed by atoms with Crippen LogP contribution in [0, 0.1) is 0 Å². The van der Waals surface area contributed by atoms with Gasteiger partial charge in [0.15, 0.2) is 0 Å². The fourth-order valence-corrected chi connectivity index (χ4v) is 2.35. The average molecular weight is 303 g/mol. The second-order valence-corrected chi connectivity index (χ2v) is 5.79. The molecule has 0 heterocycles. The van der Waals surface area contributed by atoms with Crippen molar-refractivity contribution < 1.29 is 9.90 Å². The topological polar surface area (TPSA) is 49.3 Å². The van der Waals surface area contributed by atoms with E-state index < -0.39 is 0 Å². The van der Waals surface area contributed by atoms with Crippen LogP contribution in [0.15, 0.2) is 30.3 Å². The van der Waals surface area contributed by atoms with E-state index in [0.717, 1.165) is 24.1 Å². The van der Waals surface area contributed by atoms with Crippen LogP contribution in [0.3, 0.4) is 0 Å². The summed E-state index contributed by atoms with van der Waals surface area (Å²) in [5.74, 6) is 0.191. The molecular formula is C19H29NO2. The van der Waals surface area contributed by atoms with E-state index in [2.05, 4.69) is 12.2 Å². The minimum Gasteiger partial charge on any atom is -0.508 e. The van der Waals surface area contributed by atoms with Gasteiger partial charge >= 0.3 is 0 Å². The highest BCUT2D eigenvalue weighted by Crippen LogP contribution is 2.17. The van der Waals surface area contributed by atoms with Crippen LogP contribution in [-0.4, -0.2) is 17.6 Å². The number of hydrogen-bond acceptors (Lipinski definition) is 2. The number of aromatic hydroxyl groups is 1. The summed E-state index contributed by atoms with van der Waals surface area (Å²) in [6.07, 6.45) is 10.4. The molecule has 2 N–H and O–H groups in total. The van der Waals surface area contributed by atoms with E-state index in [-0.39, 0.29) is 11.7 Å². The molecule has 0 bridgehead atoms. The predicted octanol–water partition coefficient (Wildman–Crippen LogP) is 4.66. The SMILES string of the molecule is CCCCCCCCCNC(=O)/C=C(\C)c1ccc(O)cc1. The van der Waals surface area contributed by atoms with Gasteiger partial charge < -0.3 is 10.4 Å². The Balaban J connectivity index is 2.19. The Labute approximate surface area is 134 Å². The molecule has 1 rings (SSSR count). The molecule has 0 saturated heterocycles. The van der Waals surface area contributed by atoms with E-state index in [1.807, 2.05) is 19.1 Å². The quantitative estimate of drug-likeness (QED) is 0.488. The van der Waals surface area contributed by atoms with Gasteiger partial charge in [-0.2, -0.15) is 0 Å². The van der Waals surface area contributed by atoms with Gasteiger partial charge in [-0.15, -0.1) is 0 Å². The first-order chi connectivity index (χ1) is 10.6. The van der Waals surface area contributed by atoms with Gasteiger partial charge in [0, 0.05) is 12.6 Å². The Kier molecular flexibility index (Phi) is 9.04. The number of rotatable bonds is 10. The Bertz CT molecular complexity index is 463. The van der Waals surface area contributed by atoms with Crippen LogP contribution >= 0.6 is 0 Å². The first-order valence-corrected chi connectivity index (χ1v) is 8.39. The van der Waals surface area contributed by atoms with E-state index in [1.54, 1.807) is 18.2 Å². The maximum Gasteiger partial charge on any atom is 0.244 e. The molecule has 0 aromatic heterocycles. The lowest BCUT2D eigenvalue weighted by atomic mass is 10.1. The zero-order valence-corrected chi connectivity index (χ0v) is 13.9. The molecule has 0 aliphatic carbocycles. The minimum absolute atomic E-state index is 0.0449. The van der Waals surface area contributed by atoms with Crippen LogP contribution in [0.5, 0.6) is 5.75 Å². The highest BCUT2D eigenvalue weighted by molar-refractivity contribution is 5.94. The maximum atomic E-state index is 11.8. The second-order valence-electron chi connectivity index (χ2n) is 5.79. The average Bonchev–Trinajstić information content (AvgIpc) is 2.50. The molecule has 22 heavy (non-hydrogen) atoms. The third kappa shape index (κ3) is 7.87. The van der Waals surface area contributed by atoms with Gasteiger partial charge in [0.2, 0.25) is 5.91 Å². The summed E-state index contributed by atoms with van der Waals surface area (Å²) in [6.45, 7) is 4.87. The molecule has 0 aliphatic rings. The minimum atomic E-state index is -0.0449. The Morgan fingerprint density at radius 3 is 2.27 bits per heavy atom. The molecule has 0 unspecified atom stereocenters. The predicted molar refractivity (Wildman–Crippen MR) is 92.8 cm³/mol. The molecule has 0 fully saturated rings. The number of benzene rings is 1. The lowest BCUT2D eigenvalue weighted by Gasteiger charge is -2.05. The third-order valence-corrected chi connectivity index (χ3v) is 3.75. The van der Waals surface area contributed by atoms with E-state index >= 15 is 0 Å². The van der Waals surface area contributed by atoms with E-state index in [9.17, 15) is 9.90 Å². The first kappa shape index (κ1) is 18.3. The van der Waals surface area contributed by atoms with Crippen LogP contribution < -0.4 is 5.32 Å². The van der Waals surface area contributed by atoms with Crippen molar-refractivity contribution in [2.45, 2.75) is 58.8 Å². The summed E-state index contributed by atoms with van der Waals surface area (Å²) in [5.41, 5.74) is 1.85. The van der Waals surface area contributed by atoms with Crippen LogP contribution in [0.4, 0.5) is 0 Å². The molecular weight excluding hydrogens is 274 g/mol. The van der Waals surface area contributed by atoms with E-state index in [4.69, 9.17) is 0 Å². The Morgan fingerprint density at radius 1 is 1.05 bits per heavy atom. The van der Waals surface area contributed by atoms with Gasteiger partial charge in [0.25, 0.3) is 0 Å². The number of allylic oxidation sites excluding steroid dienone is 1. The van der Waals surface area contributed by atoms with Crippen molar-refractivity contribution in [3.8, 4) is 5.75 Å². The fraction of sp³-hybridized carbons (Fsp3) is 0.526. The van der Waals surface area contributed by atoms with Crippen molar-refractivity contribution in [1.82, 2.24) is 5.32 Å². The highest BCUT2D eigenvalue weighted by Gasteiger charge is 2.00. The lowest BCUT2D eigenvalue weighted by molar-refractivity contribution is -0.116. The second kappa shape index (κ2) is 10.9. The zero-order valence-electron chi connectivity index (χ0n) is 13.9. The van der Waals surface area contributed by atoms with Gasteiger partial charge in [-0.05, 0) is 36.6 Å². The zero-order chi connectivity index (χ0) is 16.2. The van der Waals surface area contributed by atoms with Gasteiger partial charge in [0.1, 0.15) is 5.75 Å². The molecule has 1 aromatic rings. The van der Waals surface area contributed by atoms with Crippen molar-refractivity contribution >= 4 is 11.5 Å². The van der Waals surface area contributed by atoms with Crippen molar-refractivity contribution in [2.24, 2.45) is 0 Å². The van der Waals surface area contributed by atoms with Gasteiger partial charge in [-0.25, -0.2) is 0 Å². The first-order valence-electron chi connectivity index (χ1n) is 8.39.